The Morgan fingerprint density at radius 1 is 1.36 bits per heavy atom. The van der Waals surface area contributed by atoms with Gasteiger partial charge in [0.25, 0.3) is 5.56 Å². The number of rotatable bonds is 3. The van der Waals surface area contributed by atoms with Crippen LogP contribution in [-0.4, -0.2) is 19.7 Å². The number of nitrogens with two attached hydrogens (primary N) is 1. The maximum atomic E-state index is 14.0. The highest BCUT2D eigenvalue weighted by Gasteiger charge is 2.33. The van der Waals surface area contributed by atoms with Crippen LogP contribution in [0.5, 0.6) is 0 Å². The summed E-state index contributed by atoms with van der Waals surface area (Å²) in [6.45, 7) is 0. The average molecular weight is 299 g/mol. The van der Waals surface area contributed by atoms with Crippen LogP contribution in [0.15, 0.2) is 35.3 Å². The molecule has 0 amide bonds. The molecule has 3 aromatic rings. The Morgan fingerprint density at radius 2 is 2.18 bits per heavy atom. The van der Waals surface area contributed by atoms with Crippen molar-refractivity contribution in [3.63, 3.8) is 0 Å². The molecule has 0 spiro atoms. The van der Waals surface area contributed by atoms with Gasteiger partial charge in [0.1, 0.15) is 17.2 Å². The summed E-state index contributed by atoms with van der Waals surface area (Å²) < 4.78 is 15.4. The van der Waals surface area contributed by atoms with E-state index in [1.807, 2.05) is 0 Å². The summed E-state index contributed by atoms with van der Waals surface area (Å²) in [5.74, 6) is 0.529. The number of nitrogens with zero attached hydrogens (tertiary/aromatic N) is 3. The van der Waals surface area contributed by atoms with E-state index in [4.69, 9.17) is 5.73 Å². The van der Waals surface area contributed by atoms with Gasteiger partial charge in [-0.2, -0.15) is 5.10 Å². The second-order valence-corrected chi connectivity index (χ2v) is 5.54. The lowest BCUT2D eigenvalue weighted by Crippen LogP contribution is -2.29. The van der Waals surface area contributed by atoms with Crippen molar-refractivity contribution in [3.05, 3.63) is 52.5 Å². The zero-order valence-corrected chi connectivity index (χ0v) is 11.7. The highest BCUT2D eigenvalue weighted by molar-refractivity contribution is 5.78. The summed E-state index contributed by atoms with van der Waals surface area (Å²) in [4.78, 5) is 17.2. The van der Waals surface area contributed by atoms with Crippen molar-refractivity contribution < 1.29 is 4.39 Å². The van der Waals surface area contributed by atoms with Gasteiger partial charge in [0.2, 0.25) is 0 Å². The molecule has 2 aromatic heterocycles. The van der Waals surface area contributed by atoms with Crippen molar-refractivity contribution in [1.82, 2.24) is 19.7 Å². The van der Waals surface area contributed by atoms with E-state index < -0.39 is 11.9 Å². The molecular formula is C15H14FN5O. The number of hydrogen-bond donors (Lipinski definition) is 2. The summed E-state index contributed by atoms with van der Waals surface area (Å²) in [6, 6.07) is 5.60. The largest absolute Gasteiger partial charge is 0.321 e. The number of aromatic nitrogens is 4. The van der Waals surface area contributed by atoms with Crippen molar-refractivity contribution in [2.45, 2.75) is 18.9 Å². The Kier molecular flexibility index (Phi) is 2.83. The monoisotopic (exact) mass is 299 g/mol. The van der Waals surface area contributed by atoms with E-state index in [1.54, 1.807) is 18.3 Å². The number of nitrogens with one attached hydrogen (secondary N) is 1. The highest BCUT2D eigenvalue weighted by Crippen LogP contribution is 2.39. The molecule has 1 atom stereocenters. The third kappa shape index (κ3) is 1.93. The number of benzene rings is 1. The Morgan fingerprint density at radius 3 is 2.86 bits per heavy atom. The number of hydrogen-bond acceptors (Lipinski definition) is 4. The van der Waals surface area contributed by atoms with E-state index in [9.17, 15) is 9.18 Å². The summed E-state index contributed by atoms with van der Waals surface area (Å²) in [6.07, 6.45) is 3.60. The maximum Gasteiger partial charge on any atom is 0.267 e. The Balaban J connectivity index is 2.08. The molecule has 1 fully saturated rings. The number of para-hydroxylation sites is 1. The Hall–Kier alpha value is -2.54. The van der Waals surface area contributed by atoms with Crippen LogP contribution in [0.1, 0.15) is 24.7 Å². The van der Waals surface area contributed by atoms with Crippen LogP contribution in [0, 0.1) is 11.7 Å². The summed E-state index contributed by atoms with van der Waals surface area (Å²) >= 11 is 0. The minimum Gasteiger partial charge on any atom is -0.321 e. The standard InChI is InChI=1S/C15H14FN5O/c16-10-3-1-2-9-13(10)19-14(12(17)8-4-5-8)21(15(9)22)11-6-7-18-20-11/h1-3,6-8,12H,4-5,17H2,(H,18,20)/t12-/m0/s1. The quantitative estimate of drug-likeness (QED) is 0.769. The molecule has 112 valence electrons. The minimum absolute atomic E-state index is 0.0605. The molecule has 1 aliphatic rings. The molecule has 3 N–H and O–H groups in total. The van der Waals surface area contributed by atoms with E-state index in [0.29, 0.717) is 11.6 Å². The van der Waals surface area contributed by atoms with Crippen molar-refractivity contribution in [1.29, 1.82) is 0 Å². The second kappa shape index (κ2) is 4.74. The van der Waals surface area contributed by atoms with Crippen molar-refractivity contribution in [2.24, 2.45) is 11.7 Å². The molecule has 7 heteroatoms. The van der Waals surface area contributed by atoms with Gasteiger partial charge >= 0.3 is 0 Å². The van der Waals surface area contributed by atoms with Gasteiger partial charge in [0.15, 0.2) is 5.82 Å². The van der Waals surface area contributed by atoms with E-state index in [0.717, 1.165) is 12.8 Å². The lowest BCUT2D eigenvalue weighted by atomic mass is 10.1. The fourth-order valence-electron chi connectivity index (χ4n) is 2.68. The molecule has 6 nitrogen and oxygen atoms in total. The first-order chi connectivity index (χ1) is 10.7. The fourth-order valence-corrected chi connectivity index (χ4v) is 2.68. The SMILES string of the molecule is N[C@H](c1nc2c(F)cccc2c(=O)n1-c1cc[nH]n1)C1CC1. The van der Waals surface area contributed by atoms with E-state index in [2.05, 4.69) is 15.2 Å². The van der Waals surface area contributed by atoms with Gasteiger partial charge < -0.3 is 5.73 Å². The normalized spacial score (nSPS) is 16.1. The lowest BCUT2D eigenvalue weighted by Gasteiger charge is -2.16. The molecule has 1 aromatic carbocycles. The van der Waals surface area contributed by atoms with Crippen LogP contribution in [0.25, 0.3) is 16.7 Å². The number of halogens is 1. The van der Waals surface area contributed by atoms with E-state index >= 15 is 0 Å². The van der Waals surface area contributed by atoms with Crippen LogP contribution >= 0.6 is 0 Å². The van der Waals surface area contributed by atoms with Gasteiger partial charge in [-0.25, -0.2) is 13.9 Å². The molecule has 0 saturated heterocycles. The molecule has 0 unspecified atom stereocenters. The first-order valence-electron chi connectivity index (χ1n) is 7.13. The number of aromatic amines is 1. The predicted octanol–water partition coefficient (Wildman–Crippen LogP) is 1.66. The van der Waals surface area contributed by atoms with Gasteiger partial charge in [-0.05, 0) is 30.9 Å². The maximum absolute atomic E-state index is 14.0. The van der Waals surface area contributed by atoms with Crippen molar-refractivity contribution in [3.8, 4) is 5.82 Å². The Bertz CT molecular complexity index is 898. The van der Waals surface area contributed by atoms with E-state index in [-0.39, 0.29) is 22.4 Å². The summed E-state index contributed by atoms with van der Waals surface area (Å²) in [7, 11) is 0. The summed E-state index contributed by atoms with van der Waals surface area (Å²) in [5, 5.41) is 6.94. The molecule has 0 radical (unpaired) electrons. The first-order valence-corrected chi connectivity index (χ1v) is 7.13. The fraction of sp³-hybridized carbons (Fsp3) is 0.267. The molecule has 0 aliphatic heterocycles. The number of fused-ring (bicyclic) bond motifs is 1. The van der Waals surface area contributed by atoms with Gasteiger partial charge in [0.05, 0.1) is 11.4 Å². The van der Waals surface area contributed by atoms with Crippen LogP contribution in [0.2, 0.25) is 0 Å². The van der Waals surface area contributed by atoms with Crippen LogP contribution in [0.4, 0.5) is 4.39 Å². The molecule has 0 bridgehead atoms. The molecule has 1 aliphatic carbocycles. The van der Waals surface area contributed by atoms with Crippen LogP contribution in [0.3, 0.4) is 0 Å². The van der Waals surface area contributed by atoms with Crippen molar-refractivity contribution >= 4 is 10.9 Å². The lowest BCUT2D eigenvalue weighted by molar-refractivity contribution is 0.567. The topological polar surface area (TPSA) is 89.6 Å². The minimum atomic E-state index is -0.520. The molecular weight excluding hydrogens is 285 g/mol. The average Bonchev–Trinajstić information content (AvgIpc) is 3.23. The van der Waals surface area contributed by atoms with Crippen molar-refractivity contribution in [2.75, 3.05) is 0 Å². The zero-order chi connectivity index (χ0) is 15.3. The number of H-pyrrole nitrogens is 1. The second-order valence-electron chi connectivity index (χ2n) is 5.54. The first kappa shape index (κ1) is 13.1. The highest BCUT2D eigenvalue weighted by atomic mass is 19.1. The van der Waals surface area contributed by atoms with Gasteiger partial charge in [0, 0.05) is 12.3 Å². The zero-order valence-electron chi connectivity index (χ0n) is 11.7. The molecule has 4 rings (SSSR count). The van der Waals surface area contributed by atoms with E-state index in [1.165, 1.54) is 16.7 Å². The molecule has 22 heavy (non-hydrogen) atoms. The Labute approximate surface area is 124 Å². The predicted molar refractivity (Wildman–Crippen MR) is 79.1 cm³/mol. The molecule has 2 heterocycles. The van der Waals surface area contributed by atoms with Gasteiger partial charge in [-0.3, -0.25) is 9.89 Å². The summed E-state index contributed by atoms with van der Waals surface area (Å²) in [5.41, 5.74) is 5.94. The van der Waals surface area contributed by atoms with Gasteiger partial charge in [-0.1, -0.05) is 6.07 Å². The smallest absolute Gasteiger partial charge is 0.267 e. The van der Waals surface area contributed by atoms with Crippen LogP contribution < -0.4 is 11.3 Å². The van der Waals surface area contributed by atoms with Crippen LogP contribution in [-0.2, 0) is 0 Å². The van der Waals surface area contributed by atoms with Gasteiger partial charge in [-0.15, -0.1) is 0 Å². The third-order valence-corrected chi connectivity index (χ3v) is 4.02. The molecule has 1 saturated carbocycles. The third-order valence-electron chi connectivity index (χ3n) is 4.02.